The van der Waals surface area contributed by atoms with Crippen LogP contribution in [-0.4, -0.2) is 44.5 Å². The predicted octanol–water partition coefficient (Wildman–Crippen LogP) is 0.986. The number of carbonyl (C=O) groups excluding carboxylic acids is 2. The summed E-state index contributed by atoms with van der Waals surface area (Å²) < 4.78 is 0. The first-order chi connectivity index (χ1) is 11.0. The van der Waals surface area contributed by atoms with E-state index >= 15 is 0 Å². The van der Waals surface area contributed by atoms with Crippen molar-refractivity contribution in [3.63, 3.8) is 0 Å². The summed E-state index contributed by atoms with van der Waals surface area (Å²) in [5, 5.41) is 11.5. The zero-order chi connectivity index (χ0) is 16.6. The molecule has 3 atom stereocenters. The number of carboxylic acids is 1. The Kier molecular flexibility index (Phi) is 4.12. The van der Waals surface area contributed by atoms with Crippen molar-refractivity contribution in [2.24, 2.45) is 0 Å². The summed E-state index contributed by atoms with van der Waals surface area (Å²) in [5.41, 5.74) is 0.865. The van der Waals surface area contributed by atoms with E-state index in [1.54, 1.807) is 6.08 Å². The van der Waals surface area contributed by atoms with Crippen molar-refractivity contribution >= 4 is 29.5 Å². The van der Waals surface area contributed by atoms with E-state index in [1.807, 2.05) is 37.3 Å². The molecule has 0 spiro atoms. The number of hydrogen-bond donors (Lipinski definition) is 2. The zero-order valence-electron chi connectivity index (χ0n) is 12.4. The van der Waals surface area contributed by atoms with Gasteiger partial charge in [-0.3, -0.25) is 14.5 Å². The van der Waals surface area contributed by atoms with Gasteiger partial charge >= 0.3 is 5.97 Å². The van der Waals surface area contributed by atoms with Crippen LogP contribution in [0.4, 0.5) is 0 Å². The lowest BCUT2D eigenvalue weighted by molar-refractivity contribution is -0.150. The third-order valence-electron chi connectivity index (χ3n) is 3.79. The Morgan fingerprint density at radius 3 is 2.65 bits per heavy atom. The summed E-state index contributed by atoms with van der Waals surface area (Å²) in [6.07, 6.45) is 1.75. The van der Waals surface area contributed by atoms with Gasteiger partial charge in [0, 0.05) is 5.25 Å². The van der Waals surface area contributed by atoms with Crippen LogP contribution in [0, 0.1) is 0 Å². The van der Waals surface area contributed by atoms with Crippen LogP contribution in [0.5, 0.6) is 0 Å². The molecule has 1 fully saturated rings. The second kappa shape index (κ2) is 6.08. The molecule has 0 saturated carbocycles. The van der Waals surface area contributed by atoms with E-state index in [4.69, 9.17) is 0 Å². The lowest BCUT2D eigenvalue weighted by Gasteiger charge is -2.49. The molecule has 2 unspecified atom stereocenters. The third kappa shape index (κ3) is 2.96. The van der Waals surface area contributed by atoms with Crippen LogP contribution in [0.3, 0.4) is 0 Å². The molecule has 2 aliphatic heterocycles. The number of amides is 2. The van der Waals surface area contributed by atoms with Crippen LogP contribution in [0.1, 0.15) is 12.5 Å². The van der Waals surface area contributed by atoms with Crippen molar-refractivity contribution in [3.05, 3.63) is 47.7 Å². The van der Waals surface area contributed by atoms with Crippen LogP contribution in [0.2, 0.25) is 0 Å². The maximum Gasteiger partial charge on any atom is 0.352 e. The molecule has 2 N–H and O–H groups in total. The number of aliphatic carboxylic acids is 1. The minimum Gasteiger partial charge on any atom is -0.477 e. The number of benzene rings is 1. The van der Waals surface area contributed by atoms with Crippen LogP contribution in [0.25, 0.3) is 0 Å². The molecule has 7 heteroatoms. The van der Waals surface area contributed by atoms with Crippen LogP contribution in [0.15, 0.2) is 42.1 Å². The number of carboxylic acid groups (broad SMARTS) is 1. The van der Waals surface area contributed by atoms with Gasteiger partial charge in [0.1, 0.15) is 17.1 Å². The van der Waals surface area contributed by atoms with Gasteiger partial charge in [0.2, 0.25) is 5.91 Å². The van der Waals surface area contributed by atoms with E-state index in [9.17, 15) is 19.5 Å². The molecule has 23 heavy (non-hydrogen) atoms. The average Bonchev–Trinajstić information content (AvgIpc) is 2.52. The summed E-state index contributed by atoms with van der Waals surface area (Å²) in [4.78, 5) is 36.8. The Hall–Kier alpha value is -2.28. The van der Waals surface area contributed by atoms with Gasteiger partial charge in [-0.05, 0) is 18.6 Å². The Bertz CT molecular complexity index is 689. The van der Waals surface area contributed by atoms with Gasteiger partial charge in [0.05, 0.1) is 6.42 Å². The first-order valence-electron chi connectivity index (χ1n) is 7.24. The highest BCUT2D eigenvalue weighted by Gasteiger charge is 2.53. The topological polar surface area (TPSA) is 86.7 Å². The number of nitrogens with one attached hydrogen (secondary N) is 1. The summed E-state index contributed by atoms with van der Waals surface area (Å²) in [7, 11) is 0. The van der Waals surface area contributed by atoms with Gasteiger partial charge in [-0.15, -0.1) is 11.8 Å². The number of rotatable bonds is 4. The van der Waals surface area contributed by atoms with Crippen molar-refractivity contribution < 1.29 is 19.5 Å². The average molecular weight is 332 g/mol. The van der Waals surface area contributed by atoms with Crippen molar-refractivity contribution in [2.45, 2.75) is 30.0 Å². The Balaban J connectivity index is 1.67. The smallest absolute Gasteiger partial charge is 0.352 e. The fourth-order valence-electron chi connectivity index (χ4n) is 2.73. The Morgan fingerprint density at radius 2 is 2.00 bits per heavy atom. The maximum absolute atomic E-state index is 12.2. The minimum atomic E-state index is -1.12. The molecule has 0 bridgehead atoms. The minimum absolute atomic E-state index is 0.000177. The lowest BCUT2D eigenvalue weighted by atomic mass is 10.0. The molecule has 0 radical (unpaired) electrons. The fraction of sp³-hybridized carbons (Fsp3) is 0.312. The normalized spacial score (nSPS) is 26.0. The fourth-order valence-corrected chi connectivity index (χ4v) is 4.06. The quantitative estimate of drug-likeness (QED) is 0.803. The number of fused-ring (bicyclic) bond motifs is 1. The van der Waals surface area contributed by atoms with Gasteiger partial charge in [0.25, 0.3) is 5.91 Å². The highest BCUT2D eigenvalue weighted by molar-refractivity contribution is 8.00. The van der Waals surface area contributed by atoms with E-state index in [1.165, 1.54) is 16.7 Å². The standard InChI is InChI=1S/C16H16N2O4S/c1-9-7-11(16(21)22)18-14(20)13(15(18)23-9)17-12(19)8-10-5-3-2-4-6-10/h2-7,9,13,15H,8H2,1H3,(H,17,19)(H,21,22)/t9?,13?,15-/m1/s1. The molecule has 2 amide bonds. The molecule has 0 aromatic heterocycles. The van der Waals surface area contributed by atoms with Gasteiger partial charge < -0.3 is 10.4 Å². The maximum atomic E-state index is 12.2. The van der Waals surface area contributed by atoms with Crippen LogP contribution < -0.4 is 5.32 Å². The number of carbonyl (C=O) groups is 3. The van der Waals surface area contributed by atoms with E-state index in [0.29, 0.717) is 0 Å². The SMILES string of the molecule is CC1C=C(C(=O)O)N2C(=O)C(NC(=O)Cc3ccccc3)[C@H]2S1. The van der Waals surface area contributed by atoms with Gasteiger partial charge in [-0.25, -0.2) is 4.79 Å². The van der Waals surface area contributed by atoms with Gasteiger partial charge in [0.15, 0.2) is 0 Å². The van der Waals surface area contributed by atoms with Crippen LogP contribution >= 0.6 is 11.8 Å². The monoisotopic (exact) mass is 332 g/mol. The zero-order valence-corrected chi connectivity index (χ0v) is 13.2. The highest BCUT2D eigenvalue weighted by Crippen LogP contribution is 2.40. The number of β-lactam (4-membered cyclic amide) rings is 1. The predicted molar refractivity (Wildman–Crippen MR) is 85.5 cm³/mol. The van der Waals surface area contributed by atoms with Crippen molar-refractivity contribution in [1.29, 1.82) is 0 Å². The molecule has 3 rings (SSSR count). The van der Waals surface area contributed by atoms with Crippen molar-refractivity contribution in [3.8, 4) is 0 Å². The summed E-state index contributed by atoms with van der Waals surface area (Å²) in [6.45, 7) is 1.87. The number of hydrogen-bond acceptors (Lipinski definition) is 4. The van der Waals surface area contributed by atoms with Gasteiger partial charge in [-0.2, -0.15) is 0 Å². The molecule has 1 aromatic carbocycles. The molecular weight excluding hydrogens is 316 g/mol. The molecule has 0 aliphatic carbocycles. The second-order valence-corrected chi connectivity index (χ2v) is 7.00. The Labute approximate surface area is 137 Å². The van der Waals surface area contributed by atoms with Crippen molar-refractivity contribution in [2.75, 3.05) is 0 Å². The summed E-state index contributed by atoms with van der Waals surface area (Å²) >= 11 is 1.47. The molecular formula is C16H16N2O4S. The first-order valence-corrected chi connectivity index (χ1v) is 8.18. The molecule has 2 heterocycles. The van der Waals surface area contributed by atoms with Crippen molar-refractivity contribution in [1.82, 2.24) is 10.2 Å². The van der Waals surface area contributed by atoms with E-state index in [-0.39, 0.29) is 34.6 Å². The number of nitrogens with zero attached hydrogens (tertiary/aromatic N) is 1. The van der Waals surface area contributed by atoms with Gasteiger partial charge in [-0.1, -0.05) is 30.3 Å². The van der Waals surface area contributed by atoms with E-state index in [2.05, 4.69) is 5.32 Å². The summed E-state index contributed by atoms with van der Waals surface area (Å²) in [5.74, 6) is -1.73. The molecule has 1 aromatic rings. The molecule has 1 saturated heterocycles. The largest absolute Gasteiger partial charge is 0.477 e. The molecule has 6 nitrogen and oxygen atoms in total. The second-order valence-electron chi connectivity index (χ2n) is 5.50. The van der Waals surface area contributed by atoms with E-state index in [0.717, 1.165) is 5.56 Å². The lowest BCUT2D eigenvalue weighted by Crippen LogP contribution is -2.70. The molecule has 2 aliphatic rings. The molecule has 120 valence electrons. The first kappa shape index (κ1) is 15.6. The third-order valence-corrected chi connectivity index (χ3v) is 5.12. The highest BCUT2D eigenvalue weighted by atomic mass is 32.2. The van der Waals surface area contributed by atoms with Crippen LogP contribution in [-0.2, 0) is 20.8 Å². The Morgan fingerprint density at radius 1 is 1.30 bits per heavy atom. The van der Waals surface area contributed by atoms with E-state index < -0.39 is 12.0 Å². The summed E-state index contributed by atoms with van der Waals surface area (Å²) in [6, 6.07) is 8.59. The number of thioether (sulfide) groups is 1.